The van der Waals surface area contributed by atoms with Crippen LogP contribution in [0, 0.1) is 0 Å². The van der Waals surface area contributed by atoms with E-state index in [-0.39, 0.29) is 29.4 Å². The molecule has 0 atom stereocenters. The van der Waals surface area contributed by atoms with Crippen molar-refractivity contribution < 1.29 is 32.5 Å². The summed E-state index contributed by atoms with van der Waals surface area (Å²) < 4.78 is 53.1. The Balaban J connectivity index is 1.71. The number of imidazole rings is 1. The number of halogens is 3. The lowest BCUT2D eigenvalue weighted by Gasteiger charge is -2.19. The van der Waals surface area contributed by atoms with Gasteiger partial charge in [-0.3, -0.25) is 4.57 Å². The molecular weight excluding hydrogens is 538 g/mol. The molecule has 0 fully saturated rings. The molecule has 2 aromatic carbocycles. The molecule has 0 saturated carbocycles. The average Bonchev–Trinajstić information content (AvgIpc) is 3.53. The van der Waals surface area contributed by atoms with Gasteiger partial charge < -0.3 is 18.9 Å². The number of hydrogen-bond donors (Lipinski definition) is 0. The number of methoxy groups -OCH3 is 2. The van der Waals surface area contributed by atoms with E-state index in [0.717, 1.165) is 11.3 Å². The molecule has 4 rings (SSSR count). The minimum atomic E-state index is -3.10. The molecule has 4 aromatic rings. The molecule has 0 unspecified atom stereocenters. The van der Waals surface area contributed by atoms with Gasteiger partial charge in [-0.25, -0.2) is 18.6 Å². The normalized spacial score (nSPS) is 11.4. The number of nitrogens with zero attached hydrogens (tertiary/aromatic N) is 2. The highest BCUT2D eigenvalue weighted by atomic mass is 35.5. The number of allylic oxidation sites excluding steroid dienone is 1. The number of rotatable bonds is 12. The van der Waals surface area contributed by atoms with E-state index in [0.29, 0.717) is 39.0 Å². The lowest BCUT2D eigenvalue weighted by Crippen LogP contribution is -2.16. The quantitative estimate of drug-likeness (QED) is 0.108. The molecule has 0 aliphatic heterocycles. The maximum absolute atomic E-state index is 14.7. The maximum Gasteiger partial charge on any atom is 0.351 e. The Kier molecular flexibility index (Phi) is 8.53. The molecule has 38 heavy (non-hydrogen) atoms. The summed E-state index contributed by atoms with van der Waals surface area (Å²) in [4.78, 5) is 17.2. The molecule has 0 N–H and O–H groups in total. The molecule has 200 valence electrons. The van der Waals surface area contributed by atoms with Gasteiger partial charge in [-0.2, -0.15) is 0 Å². The summed E-state index contributed by atoms with van der Waals surface area (Å²) in [5.74, 6) is -2.22. The number of thiophene rings is 1. The zero-order valence-corrected chi connectivity index (χ0v) is 22.3. The van der Waals surface area contributed by atoms with E-state index in [2.05, 4.69) is 11.6 Å². The van der Waals surface area contributed by atoms with E-state index in [1.165, 1.54) is 26.4 Å². The van der Waals surface area contributed by atoms with Crippen molar-refractivity contribution in [3.8, 4) is 22.2 Å². The van der Waals surface area contributed by atoms with Crippen LogP contribution in [0.3, 0.4) is 0 Å². The van der Waals surface area contributed by atoms with Crippen LogP contribution in [0.25, 0.3) is 16.0 Å². The SMILES string of the molecule is C=CCC(F)(F)c1ccccc1COc1cc(-n2cnc3cc(OC)c(OCCCl)cc32)sc1C(=O)OC. The molecule has 0 radical (unpaired) electrons. The molecule has 0 aliphatic carbocycles. The first-order valence-electron chi connectivity index (χ1n) is 11.5. The topological polar surface area (TPSA) is 71.8 Å². The third-order valence-electron chi connectivity index (χ3n) is 5.66. The van der Waals surface area contributed by atoms with Gasteiger partial charge >= 0.3 is 5.97 Å². The maximum atomic E-state index is 14.7. The van der Waals surface area contributed by atoms with Crippen LogP contribution < -0.4 is 14.2 Å². The van der Waals surface area contributed by atoms with Gasteiger partial charge in [0, 0.05) is 30.2 Å². The molecule has 11 heteroatoms. The van der Waals surface area contributed by atoms with Crippen LogP contribution in [0.4, 0.5) is 8.78 Å². The van der Waals surface area contributed by atoms with E-state index in [9.17, 15) is 13.6 Å². The van der Waals surface area contributed by atoms with Crippen LogP contribution in [-0.2, 0) is 17.3 Å². The third-order valence-corrected chi connectivity index (χ3v) is 6.91. The first-order valence-corrected chi connectivity index (χ1v) is 12.8. The Bertz CT molecular complexity index is 1450. The predicted octanol–water partition coefficient (Wildman–Crippen LogP) is 6.75. The molecule has 0 amide bonds. The monoisotopic (exact) mass is 562 g/mol. The number of hydrogen-bond acceptors (Lipinski definition) is 7. The van der Waals surface area contributed by atoms with Crippen molar-refractivity contribution in [3.05, 3.63) is 77.5 Å². The van der Waals surface area contributed by atoms with Gasteiger partial charge in [0.05, 0.1) is 31.1 Å². The van der Waals surface area contributed by atoms with Gasteiger partial charge in [0.25, 0.3) is 5.92 Å². The fourth-order valence-corrected chi connectivity index (χ4v) is 4.97. The zero-order valence-electron chi connectivity index (χ0n) is 20.7. The minimum absolute atomic E-state index is 0.158. The number of fused-ring (bicyclic) bond motifs is 1. The van der Waals surface area contributed by atoms with E-state index in [4.69, 9.17) is 30.5 Å². The van der Waals surface area contributed by atoms with Crippen molar-refractivity contribution in [2.75, 3.05) is 26.7 Å². The summed E-state index contributed by atoms with van der Waals surface area (Å²) in [7, 11) is 2.79. The van der Waals surface area contributed by atoms with Crippen molar-refractivity contribution in [1.82, 2.24) is 9.55 Å². The molecular formula is C27H25ClF2N2O5S. The predicted molar refractivity (Wildman–Crippen MR) is 143 cm³/mol. The third kappa shape index (κ3) is 5.61. The van der Waals surface area contributed by atoms with Gasteiger partial charge in [-0.1, -0.05) is 30.3 Å². The second-order valence-electron chi connectivity index (χ2n) is 8.06. The summed E-state index contributed by atoms with van der Waals surface area (Å²) in [6.45, 7) is 3.53. The van der Waals surface area contributed by atoms with Crippen molar-refractivity contribution in [2.24, 2.45) is 0 Å². The Labute approximate surface area is 227 Å². The molecule has 7 nitrogen and oxygen atoms in total. The van der Waals surface area contributed by atoms with Gasteiger partial charge in [0.2, 0.25) is 0 Å². The molecule has 0 aliphatic rings. The second-order valence-corrected chi connectivity index (χ2v) is 9.47. The fourth-order valence-electron chi connectivity index (χ4n) is 3.89. The first-order chi connectivity index (χ1) is 18.3. The van der Waals surface area contributed by atoms with Crippen molar-refractivity contribution in [1.29, 1.82) is 0 Å². The van der Waals surface area contributed by atoms with Crippen LogP contribution in [0.2, 0.25) is 0 Å². The van der Waals surface area contributed by atoms with Gasteiger partial charge in [0.1, 0.15) is 30.3 Å². The van der Waals surface area contributed by atoms with Gasteiger partial charge in [-0.15, -0.1) is 29.5 Å². The van der Waals surface area contributed by atoms with Gasteiger partial charge in [0.15, 0.2) is 16.4 Å². The molecule has 2 aromatic heterocycles. The van der Waals surface area contributed by atoms with Crippen LogP contribution in [0.1, 0.15) is 27.2 Å². The Hall–Kier alpha value is -3.63. The van der Waals surface area contributed by atoms with E-state index >= 15 is 0 Å². The van der Waals surface area contributed by atoms with Crippen molar-refractivity contribution >= 4 is 39.9 Å². The fraction of sp³-hybridized carbons (Fsp3) is 0.259. The number of aromatic nitrogens is 2. The number of benzene rings is 2. The summed E-state index contributed by atoms with van der Waals surface area (Å²) in [6.07, 6.45) is 2.27. The highest BCUT2D eigenvalue weighted by Crippen LogP contribution is 2.39. The number of alkyl halides is 3. The lowest BCUT2D eigenvalue weighted by molar-refractivity contribution is -0.00258. The summed E-state index contributed by atoms with van der Waals surface area (Å²) in [5.41, 5.74) is 1.46. The smallest absolute Gasteiger partial charge is 0.351 e. The average molecular weight is 563 g/mol. The number of carbonyl (C=O) groups excluding carboxylic acids is 1. The van der Waals surface area contributed by atoms with Gasteiger partial charge in [-0.05, 0) is 5.56 Å². The molecule has 0 bridgehead atoms. The van der Waals surface area contributed by atoms with E-state index in [1.807, 2.05) is 0 Å². The highest BCUT2D eigenvalue weighted by molar-refractivity contribution is 7.16. The summed E-state index contributed by atoms with van der Waals surface area (Å²) >= 11 is 6.89. The van der Waals surface area contributed by atoms with Crippen LogP contribution >= 0.6 is 22.9 Å². The first kappa shape index (κ1) is 27.4. The second kappa shape index (κ2) is 11.8. The molecule has 0 spiro atoms. The lowest BCUT2D eigenvalue weighted by atomic mass is 10.00. The standard InChI is InChI=1S/C27H25ClF2N2O5S/c1-4-9-27(29,30)18-8-6-5-7-17(18)15-37-23-14-24(38-25(23)26(33)35-3)32-16-31-19-12-21(34-2)22(13-20(19)32)36-11-10-28/h4-8,12-14,16H,1,9-11,15H2,2-3H3. The van der Waals surface area contributed by atoms with E-state index in [1.54, 1.807) is 47.3 Å². The summed E-state index contributed by atoms with van der Waals surface area (Å²) in [6, 6.07) is 11.3. The van der Waals surface area contributed by atoms with Crippen molar-refractivity contribution in [2.45, 2.75) is 19.0 Å². The Morgan fingerprint density at radius 3 is 2.66 bits per heavy atom. The van der Waals surface area contributed by atoms with Crippen molar-refractivity contribution in [3.63, 3.8) is 0 Å². The van der Waals surface area contributed by atoms with E-state index < -0.39 is 18.3 Å². The summed E-state index contributed by atoms with van der Waals surface area (Å²) in [5, 5.41) is 0.599. The number of carbonyl (C=O) groups is 1. The number of ether oxygens (including phenoxy) is 4. The molecule has 0 saturated heterocycles. The number of esters is 1. The largest absolute Gasteiger partial charge is 0.493 e. The molecule has 2 heterocycles. The minimum Gasteiger partial charge on any atom is -0.493 e. The van der Waals surface area contributed by atoms with Crippen LogP contribution in [0.15, 0.2) is 61.4 Å². The zero-order chi connectivity index (χ0) is 27.3. The van der Waals surface area contributed by atoms with Crippen LogP contribution in [-0.4, -0.2) is 42.2 Å². The highest BCUT2D eigenvalue weighted by Gasteiger charge is 2.32. The van der Waals surface area contributed by atoms with Crippen LogP contribution in [0.5, 0.6) is 17.2 Å². The Morgan fingerprint density at radius 1 is 1.16 bits per heavy atom. The Morgan fingerprint density at radius 2 is 1.95 bits per heavy atom.